The molecule has 0 fully saturated rings. The Morgan fingerprint density at radius 1 is 1.30 bits per heavy atom. The molecule has 0 saturated heterocycles. The van der Waals surface area contributed by atoms with Crippen LogP contribution in [0.25, 0.3) is 0 Å². The third-order valence-corrected chi connectivity index (χ3v) is 1.59. The maximum Gasteiger partial charge on any atom is 0.0767 e. The van der Waals surface area contributed by atoms with E-state index in [0.717, 1.165) is 0 Å². The quantitative estimate of drug-likeness (QED) is 0.637. The Bertz CT molecular complexity index is 93.9. The highest BCUT2D eigenvalue weighted by atomic mass is 16.5. The molecule has 2 nitrogen and oxygen atoms in total. The lowest BCUT2D eigenvalue weighted by atomic mass is 9.85. The van der Waals surface area contributed by atoms with Crippen LogP contribution in [-0.4, -0.2) is 19.3 Å². The van der Waals surface area contributed by atoms with E-state index in [-0.39, 0.29) is 17.6 Å². The number of rotatable bonds is 2. The summed E-state index contributed by atoms with van der Waals surface area (Å²) in [5.74, 6) is 0. The van der Waals surface area contributed by atoms with Crippen molar-refractivity contribution in [1.82, 2.24) is 0 Å². The van der Waals surface area contributed by atoms with E-state index < -0.39 is 0 Å². The Morgan fingerprint density at radius 2 is 1.70 bits per heavy atom. The van der Waals surface area contributed by atoms with Crippen LogP contribution in [0.4, 0.5) is 0 Å². The van der Waals surface area contributed by atoms with Gasteiger partial charge in [0.1, 0.15) is 0 Å². The molecular weight excluding hydrogens is 126 g/mol. The van der Waals surface area contributed by atoms with Crippen molar-refractivity contribution in [3.63, 3.8) is 0 Å². The molecular formula is C8H19NO. The molecule has 0 aromatic heterocycles. The van der Waals surface area contributed by atoms with E-state index in [9.17, 15) is 0 Å². The van der Waals surface area contributed by atoms with Crippen LogP contribution in [0.15, 0.2) is 0 Å². The molecule has 1 unspecified atom stereocenters. The van der Waals surface area contributed by atoms with E-state index in [0.29, 0.717) is 0 Å². The fraction of sp³-hybridized carbons (Fsp3) is 1.00. The van der Waals surface area contributed by atoms with Gasteiger partial charge in [-0.1, -0.05) is 20.8 Å². The first-order valence-electron chi connectivity index (χ1n) is 3.68. The molecule has 0 amide bonds. The summed E-state index contributed by atoms with van der Waals surface area (Å²) in [5.41, 5.74) is 5.85. The Balaban J connectivity index is 4.07. The molecule has 2 N–H and O–H groups in total. The second kappa shape index (κ2) is 3.35. The predicted octanol–water partition coefficient (Wildman–Crippen LogP) is 1.39. The summed E-state index contributed by atoms with van der Waals surface area (Å²) in [6.07, 6.45) is 0.146. The van der Waals surface area contributed by atoms with E-state index >= 15 is 0 Å². The summed E-state index contributed by atoms with van der Waals surface area (Å²) in [7, 11) is 1.71. The topological polar surface area (TPSA) is 35.2 Å². The highest BCUT2D eigenvalue weighted by Gasteiger charge is 2.27. The van der Waals surface area contributed by atoms with Crippen molar-refractivity contribution < 1.29 is 4.74 Å². The molecule has 0 aliphatic carbocycles. The number of methoxy groups -OCH3 is 1. The number of hydrogen-bond donors (Lipinski definition) is 1. The molecule has 0 spiro atoms. The van der Waals surface area contributed by atoms with Gasteiger partial charge in [-0.3, -0.25) is 0 Å². The van der Waals surface area contributed by atoms with Gasteiger partial charge in [-0.15, -0.1) is 0 Å². The Labute approximate surface area is 63.7 Å². The lowest BCUT2D eigenvalue weighted by Crippen LogP contribution is -2.42. The molecule has 0 heterocycles. The Hall–Kier alpha value is -0.0800. The van der Waals surface area contributed by atoms with Crippen LogP contribution >= 0.6 is 0 Å². The van der Waals surface area contributed by atoms with Crippen molar-refractivity contribution in [2.75, 3.05) is 7.11 Å². The summed E-state index contributed by atoms with van der Waals surface area (Å²) >= 11 is 0. The van der Waals surface area contributed by atoms with Gasteiger partial charge in [0, 0.05) is 13.2 Å². The smallest absolute Gasteiger partial charge is 0.0767 e. The van der Waals surface area contributed by atoms with Crippen molar-refractivity contribution in [2.45, 2.75) is 39.8 Å². The van der Waals surface area contributed by atoms with E-state index in [2.05, 4.69) is 20.8 Å². The molecule has 0 saturated carbocycles. The van der Waals surface area contributed by atoms with Crippen molar-refractivity contribution in [1.29, 1.82) is 0 Å². The predicted molar refractivity (Wildman–Crippen MR) is 43.9 cm³/mol. The Kier molecular flexibility index (Phi) is 3.33. The zero-order valence-electron chi connectivity index (χ0n) is 7.64. The second-order valence-electron chi connectivity index (χ2n) is 3.88. The Morgan fingerprint density at radius 3 is 1.70 bits per heavy atom. The molecule has 0 aromatic carbocycles. The van der Waals surface area contributed by atoms with Gasteiger partial charge in [-0.05, 0) is 12.3 Å². The van der Waals surface area contributed by atoms with Crippen LogP contribution in [0.3, 0.4) is 0 Å². The standard InChI is InChI=1S/C8H19NO/c1-6(9)7(10-5)8(2,3)4/h6-7H,9H2,1-5H3/t6-,7?/m1/s1. The average molecular weight is 145 g/mol. The van der Waals surface area contributed by atoms with Crippen molar-refractivity contribution >= 4 is 0 Å². The normalized spacial score (nSPS) is 18.6. The van der Waals surface area contributed by atoms with Gasteiger partial charge in [0.05, 0.1) is 6.10 Å². The van der Waals surface area contributed by atoms with E-state index in [1.807, 2.05) is 6.92 Å². The van der Waals surface area contributed by atoms with Crippen LogP contribution in [0.2, 0.25) is 0 Å². The molecule has 0 rings (SSSR count). The van der Waals surface area contributed by atoms with Crippen molar-refractivity contribution in [3.05, 3.63) is 0 Å². The zero-order chi connectivity index (χ0) is 8.36. The van der Waals surface area contributed by atoms with Crippen LogP contribution in [0.1, 0.15) is 27.7 Å². The molecule has 0 radical (unpaired) electrons. The second-order valence-corrected chi connectivity index (χ2v) is 3.88. The van der Waals surface area contributed by atoms with E-state index in [4.69, 9.17) is 10.5 Å². The lowest BCUT2D eigenvalue weighted by Gasteiger charge is -2.32. The number of nitrogens with two attached hydrogens (primary N) is 1. The largest absolute Gasteiger partial charge is 0.379 e. The molecule has 0 aliphatic heterocycles. The van der Waals surface area contributed by atoms with Gasteiger partial charge in [0.25, 0.3) is 0 Å². The summed E-state index contributed by atoms with van der Waals surface area (Å²) in [5, 5.41) is 0. The summed E-state index contributed by atoms with van der Waals surface area (Å²) in [6, 6.07) is 0.102. The molecule has 2 heteroatoms. The third-order valence-electron chi connectivity index (χ3n) is 1.59. The maximum absolute atomic E-state index is 5.71. The fourth-order valence-electron chi connectivity index (χ4n) is 1.36. The molecule has 0 aromatic rings. The minimum atomic E-state index is 0.102. The molecule has 0 aliphatic rings. The molecule has 62 valence electrons. The first-order valence-corrected chi connectivity index (χ1v) is 3.68. The van der Waals surface area contributed by atoms with Gasteiger partial charge in [-0.2, -0.15) is 0 Å². The highest BCUT2D eigenvalue weighted by molar-refractivity contribution is 4.80. The first-order chi connectivity index (χ1) is 4.39. The lowest BCUT2D eigenvalue weighted by molar-refractivity contribution is 0.00233. The summed E-state index contributed by atoms with van der Waals surface area (Å²) < 4.78 is 5.25. The monoisotopic (exact) mass is 145 g/mol. The van der Waals surface area contributed by atoms with E-state index in [1.165, 1.54) is 0 Å². The minimum Gasteiger partial charge on any atom is -0.379 e. The van der Waals surface area contributed by atoms with Gasteiger partial charge in [0.15, 0.2) is 0 Å². The van der Waals surface area contributed by atoms with Crippen molar-refractivity contribution in [2.24, 2.45) is 11.1 Å². The van der Waals surface area contributed by atoms with Crippen LogP contribution in [0.5, 0.6) is 0 Å². The molecule has 0 bridgehead atoms. The SMILES string of the molecule is COC([C@@H](C)N)C(C)(C)C. The summed E-state index contributed by atoms with van der Waals surface area (Å²) in [4.78, 5) is 0. The number of ether oxygens (including phenoxy) is 1. The summed E-state index contributed by atoms with van der Waals surface area (Å²) in [6.45, 7) is 8.36. The number of hydrogen-bond acceptors (Lipinski definition) is 2. The van der Waals surface area contributed by atoms with Crippen LogP contribution < -0.4 is 5.73 Å². The minimum absolute atomic E-state index is 0.102. The fourth-order valence-corrected chi connectivity index (χ4v) is 1.36. The molecule has 10 heavy (non-hydrogen) atoms. The maximum atomic E-state index is 5.71. The van der Waals surface area contributed by atoms with Gasteiger partial charge >= 0.3 is 0 Å². The average Bonchev–Trinajstić information content (AvgIpc) is 1.60. The van der Waals surface area contributed by atoms with Gasteiger partial charge < -0.3 is 10.5 Å². The zero-order valence-corrected chi connectivity index (χ0v) is 7.64. The van der Waals surface area contributed by atoms with E-state index in [1.54, 1.807) is 7.11 Å². The third kappa shape index (κ3) is 2.67. The first kappa shape index (κ1) is 9.92. The highest BCUT2D eigenvalue weighted by Crippen LogP contribution is 2.23. The van der Waals surface area contributed by atoms with Crippen LogP contribution in [-0.2, 0) is 4.74 Å². The van der Waals surface area contributed by atoms with Gasteiger partial charge in [-0.25, -0.2) is 0 Å². The van der Waals surface area contributed by atoms with Crippen molar-refractivity contribution in [3.8, 4) is 0 Å². The van der Waals surface area contributed by atoms with Crippen LogP contribution in [0, 0.1) is 5.41 Å². The van der Waals surface area contributed by atoms with Gasteiger partial charge in [0.2, 0.25) is 0 Å². The molecule has 2 atom stereocenters.